The molecule has 2 N–H and O–H groups in total. The van der Waals surface area contributed by atoms with Crippen molar-refractivity contribution in [2.45, 2.75) is 12.7 Å². The molecular formula is C13H11F3N2. The number of alkyl halides is 3. The minimum absolute atomic E-state index is 0.0714. The molecule has 0 spiro atoms. The summed E-state index contributed by atoms with van der Waals surface area (Å²) in [5, 5.41) is 0. The Morgan fingerprint density at radius 1 is 1.00 bits per heavy atom. The lowest BCUT2D eigenvalue weighted by molar-refractivity contribution is -0.137. The van der Waals surface area contributed by atoms with E-state index >= 15 is 0 Å². The van der Waals surface area contributed by atoms with Crippen LogP contribution in [0.4, 0.5) is 13.2 Å². The van der Waals surface area contributed by atoms with Gasteiger partial charge in [0.25, 0.3) is 0 Å². The summed E-state index contributed by atoms with van der Waals surface area (Å²) in [5.41, 5.74) is 6.38. The van der Waals surface area contributed by atoms with E-state index in [1.165, 1.54) is 12.4 Å². The number of nitrogens with zero attached hydrogens (tertiary/aromatic N) is 1. The fraction of sp³-hybridized carbons (Fsp3) is 0.154. The van der Waals surface area contributed by atoms with Crippen LogP contribution in [0.1, 0.15) is 11.1 Å². The van der Waals surface area contributed by atoms with E-state index in [4.69, 9.17) is 5.73 Å². The van der Waals surface area contributed by atoms with Crippen molar-refractivity contribution in [2.75, 3.05) is 0 Å². The Morgan fingerprint density at radius 2 is 1.67 bits per heavy atom. The molecule has 0 bridgehead atoms. The number of halogens is 3. The molecule has 1 aromatic carbocycles. The lowest BCUT2D eigenvalue weighted by atomic mass is 10.0. The van der Waals surface area contributed by atoms with Gasteiger partial charge in [0.2, 0.25) is 0 Å². The van der Waals surface area contributed by atoms with Crippen molar-refractivity contribution in [3.8, 4) is 11.1 Å². The molecule has 0 aliphatic carbocycles. The second-order valence-electron chi connectivity index (χ2n) is 3.86. The fourth-order valence-corrected chi connectivity index (χ4v) is 1.68. The Labute approximate surface area is 102 Å². The molecule has 1 heterocycles. The SMILES string of the molecule is NCc1cc(-c2ccncc2)cc(C(F)(F)F)c1. The molecule has 1 aromatic heterocycles. The molecule has 0 atom stereocenters. The third-order valence-electron chi connectivity index (χ3n) is 2.57. The van der Waals surface area contributed by atoms with Gasteiger partial charge in [0, 0.05) is 18.9 Å². The lowest BCUT2D eigenvalue weighted by Crippen LogP contribution is -2.07. The number of aromatic nitrogens is 1. The highest BCUT2D eigenvalue weighted by Crippen LogP contribution is 2.33. The summed E-state index contributed by atoms with van der Waals surface area (Å²) in [4.78, 5) is 3.84. The summed E-state index contributed by atoms with van der Waals surface area (Å²) in [5.74, 6) is 0. The van der Waals surface area contributed by atoms with E-state index in [1.54, 1.807) is 18.2 Å². The van der Waals surface area contributed by atoms with Gasteiger partial charge >= 0.3 is 6.18 Å². The van der Waals surface area contributed by atoms with E-state index < -0.39 is 11.7 Å². The van der Waals surface area contributed by atoms with Gasteiger partial charge in [-0.1, -0.05) is 0 Å². The molecule has 0 fully saturated rings. The van der Waals surface area contributed by atoms with Crippen LogP contribution < -0.4 is 5.73 Å². The maximum atomic E-state index is 12.7. The van der Waals surface area contributed by atoms with Crippen LogP contribution in [-0.2, 0) is 12.7 Å². The standard InChI is InChI=1S/C13H11F3N2/c14-13(15,16)12-6-9(8-17)5-11(7-12)10-1-3-18-4-2-10/h1-7H,8,17H2. The first-order chi connectivity index (χ1) is 8.50. The van der Waals surface area contributed by atoms with Crippen molar-refractivity contribution in [1.82, 2.24) is 4.98 Å². The molecule has 5 heteroatoms. The zero-order valence-corrected chi connectivity index (χ0v) is 9.41. The summed E-state index contributed by atoms with van der Waals surface area (Å²) in [7, 11) is 0. The normalized spacial score (nSPS) is 11.6. The summed E-state index contributed by atoms with van der Waals surface area (Å²) >= 11 is 0. The van der Waals surface area contributed by atoms with Crippen molar-refractivity contribution in [3.63, 3.8) is 0 Å². The predicted molar refractivity (Wildman–Crippen MR) is 62.6 cm³/mol. The van der Waals surface area contributed by atoms with Gasteiger partial charge in [-0.25, -0.2) is 0 Å². The topological polar surface area (TPSA) is 38.9 Å². The molecule has 0 aliphatic rings. The van der Waals surface area contributed by atoms with Crippen LogP contribution in [0.2, 0.25) is 0 Å². The first-order valence-electron chi connectivity index (χ1n) is 5.32. The van der Waals surface area contributed by atoms with Gasteiger partial charge in [-0.15, -0.1) is 0 Å². The van der Waals surface area contributed by atoms with Gasteiger partial charge in [0.1, 0.15) is 0 Å². The van der Waals surface area contributed by atoms with Crippen LogP contribution >= 0.6 is 0 Å². The second kappa shape index (κ2) is 4.78. The largest absolute Gasteiger partial charge is 0.416 e. The molecule has 0 radical (unpaired) electrons. The van der Waals surface area contributed by atoms with Crippen LogP contribution in [0.3, 0.4) is 0 Å². The predicted octanol–water partition coefficient (Wildman–Crippen LogP) is 3.23. The quantitative estimate of drug-likeness (QED) is 0.891. The number of pyridine rings is 1. The van der Waals surface area contributed by atoms with Crippen molar-refractivity contribution >= 4 is 0 Å². The van der Waals surface area contributed by atoms with Gasteiger partial charge in [-0.2, -0.15) is 13.2 Å². The Bertz CT molecular complexity index is 536. The molecule has 18 heavy (non-hydrogen) atoms. The lowest BCUT2D eigenvalue weighted by Gasteiger charge is -2.11. The molecular weight excluding hydrogens is 241 g/mol. The van der Waals surface area contributed by atoms with Crippen LogP contribution in [-0.4, -0.2) is 4.98 Å². The van der Waals surface area contributed by atoms with E-state index in [2.05, 4.69) is 4.98 Å². The van der Waals surface area contributed by atoms with E-state index in [-0.39, 0.29) is 6.54 Å². The van der Waals surface area contributed by atoms with Crippen LogP contribution in [0.5, 0.6) is 0 Å². The van der Waals surface area contributed by atoms with Crippen molar-refractivity contribution in [1.29, 1.82) is 0 Å². The Balaban J connectivity index is 2.55. The summed E-state index contributed by atoms with van der Waals surface area (Å²) < 4.78 is 38.2. The van der Waals surface area contributed by atoms with Gasteiger partial charge < -0.3 is 5.73 Å². The summed E-state index contributed by atoms with van der Waals surface area (Å²) in [6, 6.07) is 7.18. The molecule has 0 unspecified atom stereocenters. The number of nitrogens with two attached hydrogens (primary N) is 1. The van der Waals surface area contributed by atoms with Crippen LogP contribution in [0, 0.1) is 0 Å². The molecule has 0 aliphatic heterocycles. The van der Waals surface area contributed by atoms with Crippen molar-refractivity contribution < 1.29 is 13.2 Å². The smallest absolute Gasteiger partial charge is 0.326 e. The highest BCUT2D eigenvalue weighted by molar-refractivity contribution is 5.64. The van der Waals surface area contributed by atoms with Gasteiger partial charge in [0.15, 0.2) is 0 Å². The number of hydrogen-bond acceptors (Lipinski definition) is 2. The molecule has 0 saturated carbocycles. The minimum Gasteiger partial charge on any atom is -0.326 e. The zero-order valence-electron chi connectivity index (χ0n) is 9.41. The van der Waals surface area contributed by atoms with Crippen molar-refractivity contribution in [3.05, 3.63) is 53.9 Å². The molecule has 0 saturated heterocycles. The maximum Gasteiger partial charge on any atom is 0.416 e. The van der Waals surface area contributed by atoms with Crippen LogP contribution in [0.15, 0.2) is 42.7 Å². The van der Waals surface area contributed by atoms with Crippen LogP contribution in [0.25, 0.3) is 11.1 Å². The Morgan fingerprint density at radius 3 is 2.22 bits per heavy atom. The summed E-state index contributed by atoms with van der Waals surface area (Å²) in [6.07, 6.45) is -1.29. The third-order valence-corrected chi connectivity index (χ3v) is 2.57. The van der Waals surface area contributed by atoms with E-state index in [0.717, 1.165) is 12.1 Å². The average molecular weight is 252 g/mol. The zero-order chi connectivity index (χ0) is 13.2. The third kappa shape index (κ3) is 2.68. The van der Waals surface area contributed by atoms with E-state index in [0.29, 0.717) is 16.7 Å². The molecule has 2 nitrogen and oxygen atoms in total. The molecule has 94 valence electrons. The Kier molecular flexibility index (Phi) is 3.34. The fourth-order valence-electron chi connectivity index (χ4n) is 1.68. The highest BCUT2D eigenvalue weighted by Gasteiger charge is 2.31. The Hall–Kier alpha value is -1.88. The first-order valence-corrected chi connectivity index (χ1v) is 5.32. The number of benzene rings is 1. The second-order valence-corrected chi connectivity index (χ2v) is 3.86. The minimum atomic E-state index is -4.37. The van der Waals surface area contributed by atoms with Gasteiger partial charge in [0.05, 0.1) is 5.56 Å². The molecule has 0 amide bonds. The number of hydrogen-bond donors (Lipinski definition) is 1. The first kappa shape index (κ1) is 12.6. The average Bonchev–Trinajstić information content (AvgIpc) is 2.38. The monoisotopic (exact) mass is 252 g/mol. The maximum absolute atomic E-state index is 12.7. The van der Waals surface area contributed by atoms with Gasteiger partial charge in [-0.3, -0.25) is 4.98 Å². The molecule has 2 aromatic rings. The van der Waals surface area contributed by atoms with E-state index in [1.807, 2.05) is 0 Å². The number of rotatable bonds is 2. The van der Waals surface area contributed by atoms with Crippen molar-refractivity contribution in [2.24, 2.45) is 5.73 Å². The van der Waals surface area contributed by atoms with E-state index in [9.17, 15) is 13.2 Å². The molecule has 2 rings (SSSR count). The summed E-state index contributed by atoms with van der Waals surface area (Å²) in [6.45, 7) is 0.0714. The van der Waals surface area contributed by atoms with Gasteiger partial charge in [-0.05, 0) is 47.0 Å². The highest BCUT2D eigenvalue weighted by atomic mass is 19.4.